The quantitative estimate of drug-likeness (QED) is 0.713. The first-order valence-electron chi connectivity index (χ1n) is 5.17. The molecule has 1 aromatic heterocycles. The molecule has 1 unspecified atom stereocenters. The maximum atomic E-state index is 5.72. The number of methoxy groups -OCH3 is 1. The fourth-order valence-corrected chi connectivity index (χ4v) is 2.40. The van der Waals surface area contributed by atoms with Crippen molar-refractivity contribution in [2.45, 2.75) is 18.9 Å². The minimum Gasteiger partial charge on any atom is -0.383 e. The maximum Gasteiger partial charge on any atom is 0.0616 e. The lowest BCUT2D eigenvalue weighted by Crippen LogP contribution is -2.34. The zero-order chi connectivity index (χ0) is 10.9. The fourth-order valence-electron chi connectivity index (χ4n) is 1.43. The molecular weight excluding hydrogens is 230 g/mol. The zero-order valence-electron chi connectivity index (χ0n) is 9.04. The van der Waals surface area contributed by atoms with Crippen LogP contribution < -0.4 is 5.32 Å². The van der Waals surface area contributed by atoms with Crippen LogP contribution in [0.2, 0.25) is 0 Å². The van der Waals surface area contributed by atoms with E-state index in [1.54, 1.807) is 18.4 Å². The molecule has 0 bridgehead atoms. The van der Waals surface area contributed by atoms with Crippen molar-refractivity contribution in [2.75, 3.05) is 26.1 Å². The minimum atomic E-state index is 0.382. The molecule has 1 rings (SSSR count). The molecule has 1 atom stereocenters. The summed E-state index contributed by atoms with van der Waals surface area (Å²) in [6, 6.07) is 4.64. The highest BCUT2D eigenvalue weighted by Crippen LogP contribution is 2.08. The van der Waals surface area contributed by atoms with Gasteiger partial charge in [0.2, 0.25) is 0 Å². The van der Waals surface area contributed by atoms with E-state index in [1.807, 2.05) is 0 Å². The molecule has 0 saturated heterocycles. The van der Waals surface area contributed by atoms with Gasteiger partial charge in [-0.15, -0.1) is 22.9 Å². The summed E-state index contributed by atoms with van der Waals surface area (Å²) in [7, 11) is 1.72. The summed E-state index contributed by atoms with van der Waals surface area (Å²) in [4.78, 5) is 1.42. The van der Waals surface area contributed by atoms with Crippen molar-refractivity contribution >= 4 is 22.9 Å². The fraction of sp³-hybridized carbons (Fsp3) is 0.636. The third-order valence-electron chi connectivity index (χ3n) is 2.21. The molecule has 0 spiro atoms. The van der Waals surface area contributed by atoms with E-state index < -0.39 is 0 Å². The van der Waals surface area contributed by atoms with Gasteiger partial charge in [-0.2, -0.15) is 0 Å². The number of thiophene rings is 1. The smallest absolute Gasteiger partial charge is 0.0616 e. The van der Waals surface area contributed by atoms with Crippen molar-refractivity contribution in [1.29, 1.82) is 0 Å². The lowest BCUT2D eigenvalue weighted by Gasteiger charge is -2.16. The first-order chi connectivity index (χ1) is 7.36. The van der Waals surface area contributed by atoms with Crippen molar-refractivity contribution in [3.05, 3.63) is 22.4 Å². The molecule has 2 nitrogen and oxygen atoms in total. The SMILES string of the molecule is COCC(CCCl)NCCc1cccs1. The highest BCUT2D eigenvalue weighted by molar-refractivity contribution is 7.09. The summed E-state index contributed by atoms with van der Waals surface area (Å²) in [5.41, 5.74) is 0. The van der Waals surface area contributed by atoms with E-state index >= 15 is 0 Å². The molecule has 15 heavy (non-hydrogen) atoms. The van der Waals surface area contributed by atoms with Crippen LogP contribution in [-0.2, 0) is 11.2 Å². The summed E-state index contributed by atoms with van der Waals surface area (Å²) in [6.07, 6.45) is 2.04. The van der Waals surface area contributed by atoms with Crippen LogP contribution in [0.3, 0.4) is 0 Å². The molecule has 1 heterocycles. The average molecular weight is 248 g/mol. The average Bonchev–Trinajstić information content (AvgIpc) is 2.71. The van der Waals surface area contributed by atoms with E-state index in [1.165, 1.54) is 4.88 Å². The first-order valence-corrected chi connectivity index (χ1v) is 6.59. The van der Waals surface area contributed by atoms with Crippen molar-refractivity contribution in [1.82, 2.24) is 5.32 Å². The van der Waals surface area contributed by atoms with Crippen LogP contribution in [0.5, 0.6) is 0 Å². The minimum absolute atomic E-state index is 0.382. The molecular formula is C11H18ClNOS. The van der Waals surface area contributed by atoms with Crippen molar-refractivity contribution < 1.29 is 4.74 Å². The highest BCUT2D eigenvalue weighted by atomic mass is 35.5. The van der Waals surface area contributed by atoms with Gasteiger partial charge in [0.25, 0.3) is 0 Å². The molecule has 4 heteroatoms. The standard InChI is InChI=1S/C11H18ClNOS/c1-14-9-10(4-6-12)13-7-5-11-3-2-8-15-11/h2-3,8,10,13H,4-7,9H2,1H3. The molecule has 0 saturated carbocycles. The van der Waals surface area contributed by atoms with Crippen LogP contribution >= 0.6 is 22.9 Å². The van der Waals surface area contributed by atoms with Crippen molar-refractivity contribution in [2.24, 2.45) is 0 Å². The topological polar surface area (TPSA) is 21.3 Å². The Labute approximate surface area is 101 Å². The van der Waals surface area contributed by atoms with Crippen molar-refractivity contribution in [3.8, 4) is 0 Å². The number of rotatable bonds is 8. The molecule has 86 valence electrons. The van der Waals surface area contributed by atoms with E-state index in [9.17, 15) is 0 Å². The summed E-state index contributed by atoms with van der Waals surface area (Å²) in [5, 5.41) is 5.57. The molecule has 1 N–H and O–H groups in total. The van der Waals surface area contributed by atoms with Crippen LogP contribution in [0.15, 0.2) is 17.5 Å². The van der Waals surface area contributed by atoms with Gasteiger partial charge in [-0.1, -0.05) is 6.07 Å². The number of alkyl halides is 1. The van der Waals surface area contributed by atoms with Crippen LogP contribution in [0, 0.1) is 0 Å². The van der Waals surface area contributed by atoms with Crippen LogP contribution in [0.1, 0.15) is 11.3 Å². The summed E-state index contributed by atoms with van der Waals surface area (Å²) >= 11 is 7.52. The van der Waals surface area contributed by atoms with Gasteiger partial charge in [-0.3, -0.25) is 0 Å². The molecule has 0 aromatic carbocycles. The van der Waals surface area contributed by atoms with E-state index in [4.69, 9.17) is 16.3 Å². The predicted molar refractivity (Wildman–Crippen MR) is 67.0 cm³/mol. The predicted octanol–water partition coefficient (Wildman–Crippen LogP) is 2.52. The summed E-state index contributed by atoms with van der Waals surface area (Å²) < 4.78 is 5.13. The van der Waals surface area contributed by atoms with E-state index in [-0.39, 0.29) is 0 Å². The number of nitrogens with one attached hydrogen (secondary N) is 1. The van der Waals surface area contributed by atoms with E-state index in [0.29, 0.717) is 11.9 Å². The zero-order valence-corrected chi connectivity index (χ0v) is 10.6. The molecule has 0 aliphatic heterocycles. The molecule has 0 aliphatic carbocycles. The third kappa shape index (κ3) is 5.52. The lowest BCUT2D eigenvalue weighted by atomic mass is 10.2. The van der Waals surface area contributed by atoms with Gasteiger partial charge in [0.15, 0.2) is 0 Å². The Bertz CT molecular complexity index is 235. The second-order valence-corrected chi connectivity index (χ2v) is 4.82. The largest absolute Gasteiger partial charge is 0.383 e. The summed E-state index contributed by atoms with van der Waals surface area (Å²) in [6.45, 7) is 1.72. The Morgan fingerprint density at radius 2 is 2.47 bits per heavy atom. The number of ether oxygens (including phenoxy) is 1. The number of hydrogen-bond acceptors (Lipinski definition) is 3. The highest BCUT2D eigenvalue weighted by Gasteiger charge is 2.06. The van der Waals surface area contributed by atoms with Crippen LogP contribution in [0.25, 0.3) is 0 Å². The van der Waals surface area contributed by atoms with E-state index in [2.05, 4.69) is 22.8 Å². The lowest BCUT2D eigenvalue weighted by molar-refractivity contribution is 0.165. The van der Waals surface area contributed by atoms with Crippen LogP contribution in [-0.4, -0.2) is 32.2 Å². The molecule has 0 radical (unpaired) electrons. The molecule has 1 aromatic rings. The normalized spacial score (nSPS) is 12.9. The Morgan fingerprint density at radius 1 is 1.60 bits per heavy atom. The monoisotopic (exact) mass is 247 g/mol. The Hall–Kier alpha value is -0.0900. The van der Waals surface area contributed by atoms with E-state index in [0.717, 1.165) is 26.0 Å². The maximum absolute atomic E-state index is 5.72. The second kappa shape index (κ2) is 8.11. The summed E-state index contributed by atoms with van der Waals surface area (Å²) in [5.74, 6) is 0.681. The van der Waals surface area contributed by atoms with Gasteiger partial charge in [0, 0.05) is 30.5 Å². The molecule has 0 aliphatic rings. The molecule has 0 fully saturated rings. The van der Waals surface area contributed by atoms with Crippen LogP contribution in [0.4, 0.5) is 0 Å². The second-order valence-electron chi connectivity index (χ2n) is 3.41. The van der Waals surface area contributed by atoms with Gasteiger partial charge in [-0.25, -0.2) is 0 Å². The van der Waals surface area contributed by atoms with Gasteiger partial charge in [0.05, 0.1) is 6.61 Å². The number of halogens is 1. The Balaban J connectivity index is 2.15. The molecule has 0 amide bonds. The Morgan fingerprint density at radius 3 is 3.07 bits per heavy atom. The van der Waals surface area contributed by atoms with Gasteiger partial charge < -0.3 is 10.1 Å². The Kier molecular flexibility index (Phi) is 7.01. The van der Waals surface area contributed by atoms with Gasteiger partial charge in [0.1, 0.15) is 0 Å². The van der Waals surface area contributed by atoms with Crippen molar-refractivity contribution in [3.63, 3.8) is 0 Å². The van der Waals surface area contributed by atoms with Gasteiger partial charge in [-0.05, 0) is 24.3 Å². The van der Waals surface area contributed by atoms with Gasteiger partial charge >= 0.3 is 0 Å². The first kappa shape index (κ1) is 13.0. The number of hydrogen-bond donors (Lipinski definition) is 1. The third-order valence-corrected chi connectivity index (χ3v) is 3.36.